The minimum Gasteiger partial charge on any atom is -0.465 e. The standard InChI is InChI=1S/C24H28ClNO4/c1-24(2,3)30-23(28)26-21(12-16-7-5-4-6-8-16)19-10-17(11-20(25)14-19)9-18-13-22(27)29-15-18/h4-8,10-11,14,18,21H,9,12-13,15H2,1-3H3,(H,26,28)/t18-,21-/m0/s1. The molecule has 5 nitrogen and oxygen atoms in total. The topological polar surface area (TPSA) is 64.6 Å². The number of carbonyl (C=O) groups excluding carboxylic acids is 2. The summed E-state index contributed by atoms with van der Waals surface area (Å²) in [6.45, 7) is 5.94. The predicted octanol–water partition coefficient (Wildman–Crippen LogP) is 5.25. The Kier molecular flexibility index (Phi) is 7.03. The lowest BCUT2D eigenvalue weighted by Crippen LogP contribution is -2.35. The first kappa shape index (κ1) is 22.2. The monoisotopic (exact) mass is 429 g/mol. The molecule has 160 valence electrons. The van der Waals surface area contributed by atoms with Crippen LogP contribution >= 0.6 is 11.6 Å². The largest absolute Gasteiger partial charge is 0.465 e. The molecule has 2 aromatic carbocycles. The lowest BCUT2D eigenvalue weighted by Gasteiger charge is -2.25. The SMILES string of the molecule is CC(C)(C)OC(=O)N[C@@H](Cc1ccccc1)c1cc(Cl)cc(C[C@@H]2COC(=O)C2)c1. The van der Waals surface area contributed by atoms with Crippen LogP contribution in [0.25, 0.3) is 0 Å². The number of rotatable bonds is 6. The molecular formula is C24H28ClNO4. The van der Waals surface area contributed by atoms with Crippen LogP contribution in [-0.4, -0.2) is 24.3 Å². The van der Waals surface area contributed by atoms with Gasteiger partial charge < -0.3 is 14.8 Å². The van der Waals surface area contributed by atoms with Crippen molar-refractivity contribution in [2.75, 3.05) is 6.61 Å². The van der Waals surface area contributed by atoms with Crippen molar-refractivity contribution in [1.82, 2.24) is 5.32 Å². The third-order valence-electron chi connectivity index (χ3n) is 4.82. The highest BCUT2D eigenvalue weighted by molar-refractivity contribution is 6.30. The lowest BCUT2D eigenvalue weighted by atomic mass is 9.93. The maximum atomic E-state index is 12.5. The maximum Gasteiger partial charge on any atom is 0.408 e. The first-order valence-electron chi connectivity index (χ1n) is 10.2. The zero-order valence-corrected chi connectivity index (χ0v) is 18.4. The molecule has 1 saturated heterocycles. The molecular weight excluding hydrogens is 402 g/mol. The van der Waals surface area contributed by atoms with Gasteiger partial charge in [-0.1, -0.05) is 48.0 Å². The van der Waals surface area contributed by atoms with Gasteiger partial charge in [0, 0.05) is 10.9 Å². The minimum atomic E-state index is -0.587. The number of halogens is 1. The number of hydrogen-bond acceptors (Lipinski definition) is 4. The average molecular weight is 430 g/mol. The van der Waals surface area contributed by atoms with Crippen molar-refractivity contribution in [3.8, 4) is 0 Å². The summed E-state index contributed by atoms with van der Waals surface area (Å²) in [5, 5.41) is 3.59. The van der Waals surface area contributed by atoms with E-state index in [0.29, 0.717) is 30.9 Å². The number of nitrogens with one attached hydrogen (secondary N) is 1. The van der Waals surface area contributed by atoms with E-state index < -0.39 is 11.7 Å². The van der Waals surface area contributed by atoms with E-state index in [0.717, 1.165) is 16.7 Å². The van der Waals surface area contributed by atoms with Gasteiger partial charge >= 0.3 is 12.1 Å². The molecule has 6 heteroatoms. The number of carbonyl (C=O) groups is 2. The first-order chi connectivity index (χ1) is 14.2. The molecule has 3 rings (SSSR count). The molecule has 0 radical (unpaired) electrons. The van der Waals surface area contributed by atoms with Gasteiger partial charge in [0.25, 0.3) is 0 Å². The van der Waals surface area contributed by atoms with E-state index in [1.807, 2.05) is 69.3 Å². The second-order valence-corrected chi connectivity index (χ2v) is 9.18. The Hall–Kier alpha value is -2.53. The Morgan fingerprint density at radius 3 is 2.57 bits per heavy atom. The summed E-state index contributed by atoms with van der Waals surface area (Å²) >= 11 is 6.41. The fraction of sp³-hybridized carbons (Fsp3) is 0.417. The van der Waals surface area contributed by atoms with Crippen LogP contribution in [0.2, 0.25) is 5.02 Å². The van der Waals surface area contributed by atoms with Crippen molar-refractivity contribution < 1.29 is 19.1 Å². The quantitative estimate of drug-likeness (QED) is 0.636. The summed E-state index contributed by atoms with van der Waals surface area (Å²) in [6, 6.07) is 15.5. The van der Waals surface area contributed by atoms with Gasteiger partial charge in [-0.2, -0.15) is 0 Å². The number of alkyl carbamates (subject to hydrolysis) is 1. The second kappa shape index (κ2) is 9.52. The molecule has 0 unspecified atom stereocenters. The van der Waals surface area contributed by atoms with Crippen molar-refractivity contribution in [2.24, 2.45) is 5.92 Å². The Balaban J connectivity index is 1.83. The van der Waals surface area contributed by atoms with Crippen molar-refractivity contribution in [2.45, 2.75) is 51.7 Å². The zero-order chi connectivity index (χ0) is 21.7. The van der Waals surface area contributed by atoms with Gasteiger partial charge in [-0.15, -0.1) is 0 Å². The summed E-state index contributed by atoms with van der Waals surface area (Å²) < 4.78 is 10.5. The highest BCUT2D eigenvalue weighted by atomic mass is 35.5. The Morgan fingerprint density at radius 1 is 1.20 bits per heavy atom. The summed E-state index contributed by atoms with van der Waals surface area (Å²) in [6.07, 6.45) is 1.25. The van der Waals surface area contributed by atoms with Gasteiger partial charge in [-0.3, -0.25) is 4.79 Å². The van der Waals surface area contributed by atoms with Crippen LogP contribution in [0.3, 0.4) is 0 Å². The van der Waals surface area contributed by atoms with Gasteiger partial charge in [0.1, 0.15) is 5.60 Å². The number of benzene rings is 2. The van der Waals surface area contributed by atoms with Crippen molar-refractivity contribution in [3.63, 3.8) is 0 Å². The normalized spacial score (nSPS) is 17.3. The summed E-state index contributed by atoms with van der Waals surface area (Å²) in [5.41, 5.74) is 2.42. The second-order valence-electron chi connectivity index (χ2n) is 8.74. The summed E-state index contributed by atoms with van der Waals surface area (Å²) in [4.78, 5) is 23.9. The number of esters is 1. The lowest BCUT2D eigenvalue weighted by molar-refractivity contribution is -0.137. The Morgan fingerprint density at radius 2 is 1.93 bits per heavy atom. The van der Waals surface area contributed by atoms with Crippen LogP contribution in [0, 0.1) is 5.92 Å². The maximum absolute atomic E-state index is 12.5. The molecule has 0 saturated carbocycles. The summed E-state index contributed by atoms with van der Waals surface area (Å²) in [7, 11) is 0. The number of cyclic esters (lactones) is 1. The first-order valence-corrected chi connectivity index (χ1v) is 10.5. The predicted molar refractivity (Wildman–Crippen MR) is 116 cm³/mol. The minimum absolute atomic E-state index is 0.148. The van der Waals surface area contributed by atoms with Gasteiger partial charge in [0.15, 0.2) is 0 Å². The van der Waals surface area contributed by atoms with Gasteiger partial charge in [0.2, 0.25) is 0 Å². The average Bonchev–Trinajstić information content (AvgIpc) is 3.04. The number of ether oxygens (including phenoxy) is 2. The third-order valence-corrected chi connectivity index (χ3v) is 5.03. The smallest absolute Gasteiger partial charge is 0.408 e. The van der Waals surface area contributed by atoms with Crippen LogP contribution in [0.5, 0.6) is 0 Å². The molecule has 1 amide bonds. The molecule has 0 bridgehead atoms. The van der Waals surface area contributed by atoms with E-state index in [2.05, 4.69) is 5.32 Å². The fourth-order valence-electron chi connectivity index (χ4n) is 3.58. The Labute approximate surface area is 182 Å². The number of hydrogen-bond donors (Lipinski definition) is 1. The van der Waals surface area contributed by atoms with Crippen LogP contribution < -0.4 is 5.32 Å². The van der Waals surface area contributed by atoms with Crippen LogP contribution in [0.15, 0.2) is 48.5 Å². The van der Waals surface area contributed by atoms with Crippen molar-refractivity contribution in [1.29, 1.82) is 0 Å². The van der Waals surface area contributed by atoms with Crippen molar-refractivity contribution in [3.05, 3.63) is 70.2 Å². The fourth-order valence-corrected chi connectivity index (χ4v) is 3.84. The highest BCUT2D eigenvalue weighted by Gasteiger charge is 2.25. The van der Waals surface area contributed by atoms with E-state index in [-0.39, 0.29) is 17.9 Å². The Bertz CT molecular complexity index is 892. The zero-order valence-electron chi connectivity index (χ0n) is 17.6. The molecule has 1 N–H and O–H groups in total. The van der Waals surface area contributed by atoms with Gasteiger partial charge in [-0.25, -0.2) is 4.79 Å². The third kappa shape index (κ3) is 6.77. The van der Waals surface area contributed by atoms with E-state index in [4.69, 9.17) is 21.1 Å². The molecule has 0 aromatic heterocycles. The molecule has 1 aliphatic rings. The van der Waals surface area contributed by atoms with E-state index in [1.165, 1.54) is 0 Å². The molecule has 0 aliphatic carbocycles. The molecule has 0 spiro atoms. The summed E-state index contributed by atoms with van der Waals surface area (Å²) in [5.74, 6) is -0.00833. The highest BCUT2D eigenvalue weighted by Crippen LogP contribution is 2.27. The van der Waals surface area contributed by atoms with Crippen molar-refractivity contribution >= 4 is 23.7 Å². The van der Waals surface area contributed by atoms with Crippen LogP contribution in [-0.2, 0) is 27.1 Å². The van der Waals surface area contributed by atoms with Crippen LogP contribution in [0.1, 0.15) is 49.9 Å². The van der Waals surface area contributed by atoms with E-state index >= 15 is 0 Å². The molecule has 1 aliphatic heterocycles. The molecule has 1 heterocycles. The van der Waals surface area contributed by atoms with E-state index in [9.17, 15) is 9.59 Å². The van der Waals surface area contributed by atoms with Gasteiger partial charge in [0.05, 0.1) is 19.1 Å². The molecule has 2 atom stereocenters. The molecule has 30 heavy (non-hydrogen) atoms. The van der Waals surface area contributed by atoms with Crippen LogP contribution in [0.4, 0.5) is 4.79 Å². The number of amides is 1. The molecule has 2 aromatic rings. The van der Waals surface area contributed by atoms with Gasteiger partial charge in [-0.05, 0) is 62.4 Å². The van der Waals surface area contributed by atoms with E-state index in [1.54, 1.807) is 0 Å². The molecule has 1 fully saturated rings.